The fraction of sp³-hybridized carbons (Fsp3) is 0.368. The van der Waals surface area contributed by atoms with Crippen molar-refractivity contribution < 1.29 is 24.2 Å². The number of esters is 2. The summed E-state index contributed by atoms with van der Waals surface area (Å²) >= 11 is 0. The van der Waals surface area contributed by atoms with Gasteiger partial charge in [-0.1, -0.05) is 39.2 Å². The molecule has 5 N–H and O–H groups in total. The lowest BCUT2D eigenvalue weighted by Crippen LogP contribution is -2.38. The van der Waals surface area contributed by atoms with Crippen LogP contribution in [0.1, 0.15) is 71.6 Å². The SMILES string of the molecule is C=CCOC(=O)CC[C@@H]1C2N/C(=C\c3[nH]c(c(C=C)c3C)/C=c3\[nH]c(c(CC)c3C)=Cc3[nH]c4c(c3C)=C(O)[C@H](C(=O)OC)C=42)[C@H]1C. The first-order valence-electron chi connectivity index (χ1n) is 16.3. The number of hydrogen-bond donors (Lipinski definition) is 5. The Morgan fingerprint density at radius 2 is 1.70 bits per heavy atom. The molecule has 3 aromatic heterocycles. The van der Waals surface area contributed by atoms with Crippen LogP contribution in [0.15, 0.2) is 24.9 Å². The number of fused-ring (bicyclic) bond motifs is 8. The number of aromatic nitrogens is 3. The minimum absolute atomic E-state index is 0.0239. The predicted octanol–water partition coefficient (Wildman–Crippen LogP) is 3.17. The number of hydrogen-bond acceptors (Lipinski definition) is 6. The van der Waals surface area contributed by atoms with Gasteiger partial charge in [-0.3, -0.25) is 9.59 Å². The average Bonchev–Trinajstić information content (AvgIpc) is 3.79. The monoisotopic (exact) mass is 636 g/mol. The Bertz CT molecular complexity index is 2100. The maximum Gasteiger partial charge on any atom is 0.320 e. The van der Waals surface area contributed by atoms with Crippen molar-refractivity contribution in [2.45, 2.75) is 59.9 Å². The second-order valence-corrected chi connectivity index (χ2v) is 12.8. The van der Waals surface area contributed by atoms with E-state index in [1.807, 2.05) is 13.0 Å². The van der Waals surface area contributed by atoms with Gasteiger partial charge in [-0.2, -0.15) is 0 Å². The van der Waals surface area contributed by atoms with E-state index in [0.29, 0.717) is 22.6 Å². The number of aliphatic hydroxyl groups excluding tert-OH is 1. The molecule has 3 aromatic rings. The van der Waals surface area contributed by atoms with Crippen LogP contribution in [0, 0.1) is 38.5 Å². The molecule has 3 aliphatic rings. The molecule has 4 atom stereocenters. The Morgan fingerprint density at radius 1 is 0.979 bits per heavy atom. The van der Waals surface area contributed by atoms with E-state index in [1.54, 1.807) is 6.08 Å². The Labute approximate surface area is 274 Å². The van der Waals surface area contributed by atoms with Crippen molar-refractivity contribution in [3.05, 3.63) is 91.1 Å². The highest BCUT2D eigenvalue weighted by Gasteiger charge is 2.46. The fourth-order valence-corrected chi connectivity index (χ4v) is 7.79. The summed E-state index contributed by atoms with van der Waals surface area (Å²) in [5.74, 6) is -1.99. The van der Waals surface area contributed by atoms with Crippen molar-refractivity contribution in [3.63, 3.8) is 0 Å². The molecule has 1 aliphatic carbocycles. The molecule has 1 unspecified atom stereocenters. The van der Waals surface area contributed by atoms with Crippen LogP contribution < -0.4 is 26.6 Å². The standard InChI is InChI=1S/C38H44N4O5/c1-9-14-47-31(43)13-12-24-20(6)27-15-25-18(4)22(10-2)29(39-25)16-26-19(5)23(11-3)30(40-26)17-28-21(7)32-36(42-28)33(35(24)41-27)34(37(32)44)38(45)46-8/h9-10,15-17,20,24,34-35,39-42,44H,1-2,11-14H2,3-8H3/b26-16-,27-15-,30-17?/t20-,24-,34+,35?/m0/s1. The van der Waals surface area contributed by atoms with Crippen LogP contribution in [0.5, 0.6) is 0 Å². The van der Waals surface area contributed by atoms with Crippen molar-refractivity contribution in [1.29, 1.82) is 0 Å². The molecule has 9 nitrogen and oxygen atoms in total. The van der Waals surface area contributed by atoms with Crippen molar-refractivity contribution in [3.8, 4) is 0 Å². The highest BCUT2D eigenvalue weighted by atomic mass is 16.5. The van der Waals surface area contributed by atoms with Gasteiger partial charge in [-0.15, -0.1) is 0 Å². The highest BCUT2D eigenvalue weighted by Crippen LogP contribution is 2.42. The average molecular weight is 637 g/mol. The second kappa shape index (κ2) is 12.4. The number of aliphatic hydroxyl groups is 1. The molecule has 246 valence electrons. The summed E-state index contributed by atoms with van der Waals surface area (Å²) in [5.41, 5.74) is 9.70. The minimum atomic E-state index is -0.988. The summed E-state index contributed by atoms with van der Waals surface area (Å²) in [5, 5.41) is 18.8. The van der Waals surface area contributed by atoms with Crippen LogP contribution in [0.4, 0.5) is 0 Å². The molecule has 47 heavy (non-hydrogen) atoms. The molecule has 2 aliphatic heterocycles. The fourth-order valence-electron chi connectivity index (χ4n) is 7.79. The maximum absolute atomic E-state index is 13.4. The summed E-state index contributed by atoms with van der Waals surface area (Å²) in [6.07, 6.45) is 11.3. The van der Waals surface area contributed by atoms with Crippen LogP contribution in [0.3, 0.4) is 0 Å². The first-order chi connectivity index (χ1) is 22.5. The molecule has 0 radical (unpaired) electrons. The molecule has 9 heteroatoms. The number of nitrogens with one attached hydrogen (secondary N) is 4. The molecular weight excluding hydrogens is 592 g/mol. The van der Waals surface area contributed by atoms with Gasteiger partial charge in [0, 0.05) is 56.6 Å². The normalized spacial score (nSPS) is 22.9. The first kappa shape index (κ1) is 32.0. The molecule has 5 heterocycles. The van der Waals surface area contributed by atoms with E-state index < -0.39 is 11.9 Å². The van der Waals surface area contributed by atoms with Crippen LogP contribution in [0.2, 0.25) is 0 Å². The lowest BCUT2D eigenvalue weighted by molar-refractivity contribution is -0.143. The molecule has 6 rings (SSSR count). The number of carbonyl (C=O) groups is 2. The van der Waals surface area contributed by atoms with Crippen LogP contribution in [0.25, 0.3) is 35.6 Å². The Balaban J connectivity index is 1.67. The third kappa shape index (κ3) is 5.18. The van der Waals surface area contributed by atoms with Gasteiger partial charge in [0.2, 0.25) is 0 Å². The van der Waals surface area contributed by atoms with Gasteiger partial charge in [0.15, 0.2) is 0 Å². The zero-order valence-corrected chi connectivity index (χ0v) is 28.0. The zero-order chi connectivity index (χ0) is 33.7. The summed E-state index contributed by atoms with van der Waals surface area (Å²) in [7, 11) is 1.34. The Morgan fingerprint density at radius 3 is 2.38 bits per heavy atom. The molecule has 1 saturated heterocycles. The zero-order valence-electron chi connectivity index (χ0n) is 28.0. The summed E-state index contributed by atoms with van der Waals surface area (Å²) in [4.78, 5) is 37.0. The Hall–Kier alpha value is -4.92. The van der Waals surface area contributed by atoms with E-state index in [2.05, 4.69) is 79.3 Å². The molecule has 0 aromatic carbocycles. The van der Waals surface area contributed by atoms with E-state index in [-0.39, 0.29) is 42.6 Å². The number of ether oxygens (including phenoxy) is 2. The quantitative estimate of drug-likeness (QED) is 0.191. The van der Waals surface area contributed by atoms with Gasteiger partial charge < -0.3 is 34.8 Å². The molecule has 0 spiro atoms. The number of methoxy groups -OCH3 is 1. The highest BCUT2D eigenvalue weighted by molar-refractivity contribution is 5.95. The van der Waals surface area contributed by atoms with E-state index in [9.17, 15) is 14.7 Å². The largest absolute Gasteiger partial charge is 0.510 e. The predicted molar refractivity (Wildman–Crippen MR) is 185 cm³/mol. The Kier molecular flexibility index (Phi) is 8.42. The molecule has 1 fully saturated rings. The van der Waals surface area contributed by atoms with Gasteiger partial charge >= 0.3 is 11.9 Å². The number of carbonyl (C=O) groups excluding carboxylic acids is 2. The number of H-pyrrole nitrogens is 3. The van der Waals surface area contributed by atoms with Crippen LogP contribution in [-0.2, 0) is 25.5 Å². The summed E-state index contributed by atoms with van der Waals surface area (Å²) < 4.78 is 10.6. The smallest absolute Gasteiger partial charge is 0.320 e. The maximum atomic E-state index is 13.4. The molecule has 0 amide bonds. The minimum Gasteiger partial charge on any atom is -0.510 e. The van der Waals surface area contributed by atoms with Crippen molar-refractivity contribution in [2.24, 2.45) is 17.8 Å². The number of rotatable bonds is 8. The number of allylic oxidation sites excluding steroid dienone is 1. The van der Waals surface area contributed by atoms with Gasteiger partial charge in [0.05, 0.1) is 18.5 Å². The van der Waals surface area contributed by atoms with E-state index >= 15 is 0 Å². The third-order valence-corrected chi connectivity index (χ3v) is 10.4. The lowest BCUT2D eigenvalue weighted by atomic mass is 9.80. The first-order valence-corrected chi connectivity index (χ1v) is 16.3. The van der Waals surface area contributed by atoms with Crippen LogP contribution >= 0.6 is 0 Å². The van der Waals surface area contributed by atoms with Gasteiger partial charge in [-0.25, -0.2) is 0 Å². The van der Waals surface area contributed by atoms with Crippen molar-refractivity contribution >= 4 is 47.6 Å². The van der Waals surface area contributed by atoms with Crippen molar-refractivity contribution in [2.75, 3.05) is 13.7 Å². The second-order valence-electron chi connectivity index (χ2n) is 12.8. The van der Waals surface area contributed by atoms with Gasteiger partial charge in [-0.05, 0) is 85.6 Å². The van der Waals surface area contributed by atoms with E-state index in [0.717, 1.165) is 56.6 Å². The molecule has 0 saturated carbocycles. The van der Waals surface area contributed by atoms with Gasteiger partial charge in [0.1, 0.15) is 18.3 Å². The van der Waals surface area contributed by atoms with E-state index in [4.69, 9.17) is 9.47 Å². The van der Waals surface area contributed by atoms with E-state index in [1.165, 1.54) is 18.2 Å². The van der Waals surface area contributed by atoms with Gasteiger partial charge in [0.25, 0.3) is 0 Å². The summed E-state index contributed by atoms with van der Waals surface area (Å²) in [6, 6.07) is -0.388. The van der Waals surface area contributed by atoms with Crippen LogP contribution in [-0.4, -0.2) is 51.8 Å². The third-order valence-electron chi connectivity index (χ3n) is 10.4. The molecular formula is C38H44N4O5. The lowest BCUT2D eigenvalue weighted by Gasteiger charge is -2.26. The topological polar surface area (TPSA) is 132 Å². The number of aromatic amines is 3. The van der Waals surface area contributed by atoms with Crippen molar-refractivity contribution in [1.82, 2.24) is 20.3 Å². The summed E-state index contributed by atoms with van der Waals surface area (Å²) in [6.45, 7) is 18.4. The molecule has 8 bridgehead atoms.